The van der Waals surface area contributed by atoms with Crippen molar-refractivity contribution < 1.29 is 14.3 Å². The number of tetrazole rings is 1. The van der Waals surface area contributed by atoms with Crippen molar-refractivity contribution in [1.29, 1.82) is 0 Å². The Labute approximate surface area is 114 Å². The predicted octanol–water partition coefficient (Wildman–Crippen LogP) is 0.701. The summed E-state index contributed by atoms with van der Waals surface area (Å²) in [6.45, 7) is 0. The molecule has 20 heavy (non-hydrogen) atoms. The van der Waals surface area contributed by atoms with E-state index in [9.17, 15) is 4.79 Å². The summed E-state index contributed by atoms with van der Waals surface area (Å²) in [6.07, 6.45) is 0.155. The highest BCUT2D eigenvalue weighted by Gasteiger charge is 2.29. The van der Waals surface area contributed by atoms with E-state index >= 15 is 0 Å². The number of benzene rings is 1. The third-order valence-electron chi connectivity index (χ3n) is 3.17. The molecule has 3 rings (SSSR count). The maximum Gasteiger partial charge on any atom is 0.308 e. The van der Waals surface area contributed by atoms with Gasteiger partial charge in [-0.25, -0.2) is 0 Å². The molecule has 0 bridgehead atoms. The highest BCUT2D eigenvalue weighted by molar-refractivity contribution is 5.73. The van der Waals surface area contributed by atoms with Gasteiger partial charge in [0.05, 0.1) is 38.1 Å². The number of methoxy groups -OCH3 is 2. The standard InChI is InChI=1S/C12H13N5O3/c1-19-7-3-4-8-10(5-7)17-12(14-15-16-17)9(13-8)6-11(18)20-2/h3-5,9,13H,6H2,1-2H3/t9-/m0/s1. The minimum Gasteiger partial charge on any atom is -0.497 e. The molecule has 104 valence electrons. The molecule has 8 heteroatoms. The van der Waals surface area contributed by atoms with Crippen molar-refractivity contribution in [3.05, 3.63) is 24.0 Å². The van der Waals surface area contributed by atoms with Gasteiger partial charge in [-0.05, 0) is 22.6 Å². The van der Waals surface area contributed by atoms with E-state index in [4.69, 9.17) is 9.47 Å². The topological polar surface area (TPSA) is 91.2 Å². The molecule has 1 aliphatic rings. The highest BCUT2D eigenvalue weighted by Crippen LogP contribution is 2.34. The van der Waals surface area contributed by atoms with Crippen LogP contribution in [-0.2, 0) is 9.53 Å². The molecule has 0 unspecified atom stereocenters. The lowest BCUT2D eigenvalue weighted by Crippen LogP contribution is -2.25. The number of carbonyl (C=O) groups is 1. The van der Waals surface area contributed by atoms with Crippen molar-refractivity contribution in [2.45, 2.75) is 12.5 Å². The maximum atomic E-state index is 11.5. The molecule has 1 aliphatic heterocycles. The first kappa shape index (κ1) is 12.4. The second-order valence-corrected chi connectivity index (χ2v) is 4.31. The number of ether oxygens (including phenoxy) is 2. The van der Waals surface area contributed by atoms with Gasteiger partial charge in [0, 0.05) is 6.07 Å². The molecule has 2 heterocycles. The van der Waals surface area contributed by atoms with Crippen LogP contribution >= 0.6 is 0 Å². The molecule has 1 atom stereocenters. The van der Waals surface area contributed by atoms with Crippen molar-refractivity contribution in [2.75, 3.05) is 19.5 Å². The van der Waals surface area contributed by atoms with Crippen LogP contribution in [0.1, 0.15) is 18.3 Å². The van der Waals surface area contributed by atoms with Crippen LogP contribution < -0.4 is 10.1 Å². The average molecular weight is 275 g/mol. The van der Waals surface area contributed by atoms with E-state index in [2.05, 4.69) is 20.8 Å². The molecule has 2 aromatic rings. The van der Waals surface area contributed by atoms with Crippen LogP contribution in [-0.4, -0.2) is 40.4 Å². The molecule has 0 saturated carbocycles. The normalized spacial score (nSPS) is 15.8. The quantitative estimate of drug-likeness (QED) is 0.824. The van der Waals surface area contributed by atoms with Crippen molar-refractivity contribution in [2.24, 2.45) is 0 Å². The number of nitrogens with zero attached hydrogens (tertiary/aromatic N) is 4. The Bertz CT molecular complexity index is 654. The molecule has 0 amide bonds. The van der Waals surface area contributed by atoms with Gasteiger partial charge in [0.1, 0.15) is 5.75 Å². The zero-order valence-corrected chi connectivity index (χ0v) is 11.0. The Morgan fingerprint density at radius 2 is 2.30 bits per heavy atom. The second kappa shape index (κ2) is 4.80. The van der Waals surface area contributed by atoms with Crippen LogP contribution in [0.3, 0.4) is 0 Å². The van der Waals surface area contributed by atoms with E-state index in [1.54, 1.807) is 11.8 Å². The number of nitrogens with one attached hydrogen (secondary N) is 1. The smallest absolute Gasteiger partial charge is 0.308 e. The number of fused-ring (bicyclic) bond motifs is 3. The van der Waals surface area contributed by atoms with E-state index in [-0.39, 0.29) is 18.4 Å². The summed E-state index contributed by atoms with van der Waals surface area (Å²) in [4.78, 5) is 11.5. The van der Waals surface area contributed by atoms with Gasteiger partial charge >= 0.3 is 5.97 Å². The van der Waals surface area contributed by atoms with Crippen molar-refractivity contribution in [3.63, 3.8) is 0 Å². The molecule has 0 spiro atoms. The summed E-state index contributed by atoms with van der Waals surface area (Å²) in [5.74, 6) is 0.948. The van der Waals surface area contributed by atoms with Crippen LogP contribution in [0.5, 0.6) is 5.75 Å². The first-order valence-corrected chi connectivity index (χ1v) is 6.03. The monoisotopic (exact) mass is 275 g/mol. The third-order valence-corrected chi connectivity index (χ3v) is 3.17. The fourth-order valence-corrected chi connectivity index (χ4v) is 2.16. The van der Waals surface area contributed by atoms with E-state index in [1.165, 1.54) is 7.11 Å². The molecule has 0 saturated heterocycles. The lowest BCUT2D eigenvalue weighted by molar-refractivity contribution is -0.141. The van der Waals surface area contributed by atoms with E-state index in [0.29, 0.717) is 11.6 Å². The molecule has 0 fully saturated rings. The molecule has 1 N–H and O–H groups in total. The maximum absolute atomic E-state index is 11.5. The summed E-state index contributed by atoms with van der Waals surface area (Å²) in [7, 11) is 2.95. The lowest BCUT2D eigenvalue weighted by atomic mass is 10.1. The number of rotatable bonds is 3. The molecule has 1 aromatic heterocycles. The van der Waals surface area contributed by atoms with Gasteiger partial charge in [0.25, 0.3) is 0 Å². The van der Waals surface area contributed by atoms with Crippen LogP contribution in [0.2, 0.25) is 0 Å². The van der Waals surface area contributed by atoms with E-state index in [0.717, 1.165) is 11.4 Å². The Morgan fingerprint density at radius 3 is 3.05 bits per heavy atom. The van der Waals surface area contributed by atoms with Gasteiger partial charge in [-0.3, -0.25) is 4.79 Å². The van der Waals surface area contributed by atoms with Crippen molar-refractivity contribution in [1.82, 2.24) is 20.2 Å². The Hall–Kier alpha value is -2.64. The Kier molecular flexibility index (Phi) is 2.97. The zero-order valence-electron chi connectivity index (χ0n) is 11.0. The molecular formula is C12H13N5O3. The molecule has 0 aliphatic carbocycles. The summed E-state index contributed by atoms with van der Waals surface area (Å²) in [6, 6.07) is 5.20. The SMILES string of the molecule is COC(=O)C[C@@H]1Nc2ccc(OC)cc2-n2nnnc21. The summed E-state index contributed by atoms with van der Waals surface area (Å²) in [5.41, 5.74) is 1.62. The van der Waals surface area contributed by atoms with Crippen LogP contribution in [0.4, 0.5) is 5.69 Å². The Balaban J connectivity index is 2.02. The average Bonchev–Trinajstić information content (AvgIpc) is 2.97. The van der Waals surface area contributed by atoms with Crippen LogP contribution in [0.25, 0.3) is 5.69 Å². The first-order chi connectivity index (χ1) is 9.72. The second-order valence-electron chi connectivity index (χ2n) is 4.31. The lowest BCUT2D eigenvalue weighted by Gasteiger charge is -2.25. The summed E-state index contributed by atoms with van der Waals surface area (Å²) < 4.78 is 11.5. The van der Waals surface area contributed by atoms with Crippen LogP contribution in [0.15, 0.2) is 18.2 Å². The third kappa shape index (κ3) is 1.94. The zero-order chi connectivity index (χ0) is 14.1. The number of hydrogen-bond donors (Lipinski definition) is 1. The minimum absolute atomic E-state index is 0.155. The van der Waals surface area contributed by atoms with Gasteiger partial charge < -0.3 is 14.8 Å². The molecule has 8 nitrogen and oxygen atoms in total. The number of esters is 1. The van der Waals surface area contributed by atoms with Crippen molar-refractivity contribution >= 4 is 11.7 Å². The number of aromatic nitrogens is 4. The van der Waals surface area contributed by atoms with E-state index in [1.807, 2.05) is 18.2 Å². The van der Waals surface area contributed by atoms with E-state index < -0.39 is 0 Å². The van der Waals surface area contributed by atoms with Gasteiger partial charge in [0.15, 0.2) is 5.82 Å². The number of hydrogen-bond acceptors (Lipinski definition) is 7. The fraction of sp³-hybridized carbons (Fsp3) is 0.333. The van der Waals surface area contributed by atoms with Gasteiger partial charge in [-0.1, -0.05) is 0 Å². The van der Waals surface area contributed by atoms with Gasteiger partial charge in [0.2, 0.25) is 0 Å². The highest BCUT2D eigenvalue weighted by atomic mass is 16.5. The number of carbonyl (C=O) groups excluding carboxylic acids is 1. The van der Waals surface area contributed by atoms with Crippen LogP contribution in [0, 0.1) is 0 Å². The molecular weight excluding hydrogens is 262 g/mol. The largest absolute Gasteiger partial charge is 0.497 e. The number of anilines is 1. The summed E-state index contributed by atoms with van der Waals surface area (Å²) >= 11 is 0. The van der Waals surface area contributed by atoms with Crippen molar-refractivity contribution in [3.8, 4) is 11.4 Å². The van der Waals surface area contributed by atoms with Gasteiger partial charge in [-0.15, -0.1) is 5.10 Å². The molecule has 1 aromatic carbocycles. The fourth-order valence-electron chi connectivity index (χ4n) is 2.16. The Morgan fingerprint density at radius 1 is 1.45 bits per heavy atom. The minimum atomic E-state index is -0.325. The van der Waals surface area contributed by atoms with Gasteiger partial charge in [-0.2, -0.15) is 4.68 Å². The summed E-state index contributed by atoms with van der Waals surface area (Å²) in [5, 5.41) is 14.8. The predicted molar refractivity (Wildman–Crippen MR) is 68.7 cm³/mol. The molecule has 0 radical (unpaired) electrons. The first-order valence-electron chi connectivity index (χ1n) is 6.03.